The molecular weight excluding hydrogens is 391 g/mol. The first-order valence-electron chi connectivity index (χ1n) is 10.00. The number of nitrogens with zero attached hydrogens (tertiary/aromatic N) is 3. The Labute approximate surface area is 173 Å². The second-order valence-corrected chi connectivity index (χ2v) is 7.37. The van der Waals surface area contributed by atoms with Gasteiger partial charge in [0.25, 0.3) is 11.6 Å². The lowest BCUT2D eigenvalue weighted by molar-refractivity contribution is -0.384. The van der Waals surface area contributed by atoms with Gasteiger partial charge >= 0.3 is 0 Å². The fourth-order valence-electron chi connectivity index (χ4n) is 3.88. The number of hydrogen-bond donors (Lipinski definition) is 1. The van der Waals surface area contributed by atoms with Crippen LogP contribution in [-0.2, 0) is 4.74 Å². The molecule has 4 rings (SSSR count). The summed E-state index contributed by atoms with van der Waals surface area (Å²) in [4.78, 5) is 27.5. The zero-order valence-electron chi connectivity index (χ0n) is 16.5. The van der Waals surface area contributed by atoms with E-state index in [2.05, 4.69) is 5.32 Å². The summed E-state index contributed by atoms with van der Waals surface area (Å²) in [6, 6.07) is 8.96. The highest BCUT2D eigenvalue weighted by atomic mass is 19.1. The van der Waals surface area contributed by atoms with Crippen molar-refractivity contribution in [2.24, 2.45) is 0 Å². The van der Waals surface area contributed by atoms with E-state index < -0.39 is 16.6 Å². The molecule has 8 nitrogen and oxygen atoms in total. The SMILES string of the molecule is O=C(Nc1ccc(N2CCOCC2)c(F)c1)c1ccc(N2CCCC2)c([N+](=O)[O-])c1. The molecule has 0 radical (unpaired) electrons. The van der Waals surface area contributed by atoms with Crippen molar-refractivity contribution in [3.63, 3.8) is 0 Å². The molecule has 2 aromatic rings. The van der Waals surface area contributed by atoms with Crippen LogP contribution < -0.4 is 15.1 Å². The van der Waals surface area contributed by atoms with Gasteiger partial charge in [0.2, 0.25) is 0 Å². The third-order valence-electron chi connectivity index (χ3n) is 5.44. The van der Waals surface area contributed by atoms with Crippen LogP contribution in [0.1, 0.15) is 23.2 Å². The monoisotopic (exact) mass is 414 g/mol. The molecule has 0 aromatic heterocycles. The van der Waals surface area contributed by atoms with Gasteiger partial charge in [-0.2, -0.15) is 0 Å². The highest BCUT2D eigenvalue weighted by Gasteiger charge is 2.24. The van der Waals surface area contributed by atoms with Crippen LogP contribution in [0.4, 0.5) is 27.1 Å². The van der Waals surface area contributed by atoms with Crippen molar-refractivity contribution in [1.29, 1.82) is 0 Å². The van der Waals surface area contributed by atoms with Crippen molar-refractivity contribution >= 4 is 28.7 Å². The number of nitrogens with one attached hydrogen (secondary N) is 1. The maximum atomic E-state index is 14.6. The Morgan fingerprint density at radius 1 is 1.00 bits per heavy atom. The molecule has 1 amide bonds. The van der Waals surface area contributed by atoms with E-state index in [1.165, 1.54) is 12.1 Å². The predicted molar refractivity (Wildman–Crippen MR) is 112 cm³/mol. The lowest BCUT2D eigenvalue weighted by Crippen LogP contribution is -2.36. The predicted octanol–water partition coefficient (Wildman–Crippen LogP) is 3.42. The molecular formula is C21H23FN4O4. The van der Waals surface area contributed by atoms with Crippen molar-refractivity contribution < 1.29 is 18.8 Å². The number of halogens is 1. The van der Waals surface area contributed by atoms with Gasteiger partial charge < -0.3 is 19.9 Å². The van der Waals surface area contributed by atoms with Crippen LogP contribution in [0.2, 0.25) is 0 Å². The van der Waals surface area contributed by atoms with Crippen molar-refractivity contribution in [3.8, 4) is 0 Å². The van der Waals surface area contributed by atoms with Gasteiger partial charge in [0.15, 0.2) is 0 Å². The first-order chi connectivity index (χ1) is 14.5. The van der Waals surface area contributed by atoms with Crippen LogP contribution in [-0.4, -0.2) is 50.2 Å². The molecule has 9 heteroatoms. The number of rotatable bonds is 5. The number of carbonyl (C=O) groups is 1. The Morgan fingerprint density at radius 3 is 2.33 bits per heavy atom. The van der Waals surface area contributed by atoms with E-state index in [1.807, 2.05) is 9.80 Å². The topological polar surface area (TPSA) is 88.0 Å². The van der Waals surface area contributed by atoms with E-state index in [1.54, 1.807) is 24.3 Å². The van der Waals surface area contributed by atoms with Crippen LogP contribution >= 0.6 is 0 Å². The smallest absolute Gasteiger partial charge is 0.293 e. The number of anilines is 3. The Balaban J connectivity index is 1.51. The average Bonchev–Trinajstić information content (AvgIpc) is 3.29. The molecule has 0 saturated carbocycles. The fraction of sp³-hybridized carbons (Fsp3) is 0.381. The van der Waals surface area contributed by atoms with Crippen LogP contribution in [0.15, 0.2) is 36.4 Å². The summed E-state index contributed by atoms with van der Waals surface area (Å²) in [5.41, 5.74) is 1.33. The number of nitro groups is 1. The van der Waals surface area contributed by atoms with Gasteiger partial charge in [-0.25, -0.2) is 4.39 Å². The van der Waals surface area contributed by atoms with Crippen LogP contribution in [0.3, 0.4) is 0 Å². The Morgan fingerprint density at radius 2 is 1.67 bits per heavy atom. The van der Waals surface area contributed by atoms with Gasteiger partial charge in [-0.1, -0.05) is 0 Å². The van der Waals surface area contributed by atoms with E-state index in [-0.39, 0.29) is 11.3 Å². The molecule has 30 heavy (non-hydrogen) atoms. The molecule has 2 aromatic carbocycles. The molecule has 1 N–H and O–H groups in total. The first-order valence-corrected chi connectivity index (χ1v) is 10.00. The number of carbonyl (C=O) groups excluding carboxylic acids is 1. The van der Waals surface area contributed by atoms with E-state index in [0.29, 0.717) is 43.4 Å². The summed E-state index contributed by atoms with van der Waals surface area (Å²) in [6.45, 7) is 3.84. The number of amides is 1. The number of ether oxygens (including phenoxy) is 1. The largest absolute Gasteiger partial charge is 0.378 e. The van der Waals surface area contributed by atoms with E-state index in [9.17, 15) is 19.3 Å². The number of nitro benzene ring substituents is 1. The number of morpholine rings is 1. The molecule has 0 atom stereocenters. The molecule has 2 aliphatic rings. The van der Waals surface area contributed by atoms with Gasteiger partial charge in [-0.3, -0.25) is 14.9 Å². The van der Waals surface area contributed by atoms with Crippen molar-refractivity contribution in [2.45, 2.75) is 12.8 Å². The highest BCUT2D eigenvalue weighted by Crippen LogP contribution is 2.32. The van der Waals surface area contributed by atoms with Crippen molar-refractivity contribution in [3.05, 3.63) is 57.9 Å². The van der Waals surface area contributed by atoms with Gasteiger partial charge in [-0.05, 0) is 43.2 Å². The van der Waals surface area contributed by atoms with E-state index in [0.717, 1.165) is 25.9 Å². The maximum absolute atomic E-state index is 14.6. The lowest BCUT2D eigenvalue weighted by atomic mass is 10.1. The van der Waals surface area contributed by atoms with Crippen molar-refractivity contribution in [2.75, 3.05) is 54.5 Å². The van der Waals surface area contributed by atoms with Crippen molar-refractivity contribution in [1.82, 2.24) is 0 Å². The summed E-state index contributed by atoms with van der Waals surface area (Å²) in [5, 5.41) is 14.2. The molecule has 0 unspecified atom stereocenters. The zero-order valence-corrected chi connectivity index (χ0v) is 16.5. The quantitative estimate of drug-likeness (QED) is 0.596. The van der Waals surface area contributed by atoms with E-state index in [4.69, 9.17) is 4.74 Å². The molecule has 2 heterocycles. The normalized spacial score (nSPS) is 16.6. The van der Waals surface area contributed by atoms with Crippen LogP contribution in [0.25, 0.3) is 0 Å². The molecule has 158 valence electrons. The van der Waals surface area contributed by atoms with Crippen LogP contribution in [0.5, 0.6) is 0 Å². The molecule has 0 spiro atoms. The third kappa shape index (κ3) is 4.20. The van der Waals surface area contributed by atoms with Gasteiger partial charge in [0, 0.05) is 43.5 Å². The standard InChI is InChI=1S/C21H23FN4O4/c22-17-14-16(4-6-18(17)25-9-11-30-12-10-25)23-21(27)15-3-5-19(20(13-15)26(28)29)24-7-1-2-8-24/h3-6,13-14H,1-2,7-12H2,(H,23,27). The van der Waals surface area contributed by atoms with E-state index >= 15 is 0 Å². The summed E-state index contributed by atoms with van der Waals surface area (Å²) >= 11 is 0. The number of hydrogen-bond acceptors (Lipinski definition) is 6. The second-order valence-electron chi connectivity index (χ2n) is 7.37. The zero-order chi connectivity index (χ0) is 21.1. The Bertz CT molecular complexity index is 956. The van der Waals surface area contributed by atoms with Gasteiger partial charge in [0.05, 0.1) is 23.8 Å². The molecule has 0 aliphatic carbocycles. The van der Waals surface area contributed by atoms with Gasteiger partial charge in [0.1, 0.15) is 11.5 Å². The second kappa shape index (κ2) is 8.66. The maximum Gasteiger partial charge on any atom is 0.293 e. The first kappa shape index (κ1) is 20.1. The summed E-state index contributed by atoms with van der Waals surface area (Å²) < 4.78 is 19.8. The third-order valence-corrected chi connectivity index (χ3v) is 5.44. The highest BCUT2D eigenvalue weighted by molar-refractivity contribution is 6.05. The fourth-order valence-corrected chi connectivity index (χ4v) is 3.88. The van der Waals surface area contributed by atoms with Crippen LogP contribution in [0, 0.1) is 15.9 Å². The lowest BCUT2D eigenvalue weighted by Gasteiger charge is -2.29. The minimum atomic E-state index is -0.524. The minimum absolute atomic E-state index is 0.0987. The summed E-state index contributed by atoms with van der Waals surface area (Å²) in [7, 11) is 0. The molecule has 0 bridgehead atoms. The Kier molecular flexibility index (Phi) is 5.80. The Hall–Kier alpha value is -3.20. The molecule has 2 saturated heterocycles. The minimum Gasteiger partial charge on any atom is -0.378 e. The average molecular weight is 414 g/mol. The molecule has 2 aliphatic heterocycles. The number of benzene rings is 2. The molecule has 2 fully saturated rings. The van der Waals surface area contributed by atoms with Gasteiger partial charge in [-0.15, -0.1) is 0 Å². The summed E-state index contributed by atoms with van der Waals surface area (Å²) in [5.74, 6) is -0.963. The summed E-state index contributed by atoms with van der Waals surface area (Å²) in [6.07, 6.45) is 1.98.